The van der Waals surface area contributed by atoms with E-state index in [2.05, 4.69) is 0 Å². The fourth-order valence-corrected chi connectivity index (χ4v) is 4.19. The van der Waals surface area contributed by atoms with E-state index >= 15 is 0 Å². The first kappa shape index (κ1) is 16.8. The first-order valence-corrected chi connectivity index (χ1v) is 8.07. The van der Waals surface area contributed by atoms with E-state index in [0.29, 0.717) is 12.8 Å². The van der Waals surface area contributed by atoms with Gasteiger partial charge in [0.05, 0.1) is 16.5 Å². The summed E-state index contributed by atoms with van der Waals surface area (Å²) in [5, 5.41) is 9.23. The van der Waals surface area contributed by atoms with Crippen LogP contribution in [0.15, 0.2) is 23.1 Å². The molecule has 1 fully saturated rings. The molecule has 0 bridgehead atoms. The van der Waals surface area contributed by atoms with Crippen molar-refractivity contribution < 1.29 is 21.6 Å². The number of alkyl halides is 3. The third-order valence-corrected chi connectivity index (χ3v) is 6.22. The van der Waals surface area contributed by atoms with E-state index in [0.717, 1.165) is 28.9 Å². The zero-order valence-electron chi connectivity index (χ0n) is 12.1. The lowest BCUT2D eigenvalue weighted by Gasteiger charge is -2.42. The van der Waals surface area contributed by atoms with Gasteiger partial charge in [0.2, 0.25) is 10.0 Å². The van der Waals surface area contributed by atoms with Gasteiger partial charge in [-0.3, -0.25) is 0 Å². The number of aryl methyl sites for hydroxylation is 1. The molecule has 4 nitrogen and oxygen atoms in total. The fourth-order valence-electron chi connectivity index (χ4n) is 2.50. The molecule has 22 heavy (non-hydrogen) atoms. The highest BCUT2D eigenvalue weighted by molar-refractivity contribution is 7.89. The maximum atomic E-state index is 12.7. The van der Waals surface area contributed by atoms with Crippen LogP contribution in [0.25, 0.3) is 0 Å². The summed E-state index contributed by atoms with van der Waals surface area (Å²) < 4.78 is 64.2. The minimum Gasteiger partial charge on any atom is -0.207 e. The van der Waals surface area contributed by atoms with Gasteiger partial charge in [-0.05, 0) is 49.9 Å². The zero-order chi connectivity index (χ0) is 16.8. The highest BCUT2D eigenvalue weighted by atomic mass is 32.2. The molecule has 1 aliphatic carbocycles. The minimum atomic E-state index is -4.53. The van der Waals surface area contributed by atoms with Crippen molar-refractivity contribution in [1.29, 1.82) is 5.26 Å². The lowest BCUT2D eigenvalue weighted by atomic mass is 9.78. The van der Waals surface area contributed by atoms with Crippen LogP contribution in [0.3, 0.4) is 0 Å². The van der Waals surface area contributed by atoms with Gasteiger partial charge in [-0.15, -0.1) is 0 Å². The zero-order valence-corrected chi connectivity index (χ0v) is 12.9. The van der Waals surface area contributed by atoms with E-state index in [-0.39, 0.29) is 10.5 Å². The molecule has 120 valence electrons. The summed E-state index contributed by atoms with van der Waals surface area (Å²) in [6.45, 7) is 1.32. The molecule has 1 saturated carbocycles. The second kappa shape index (κ2) is 5.25. The lowest BCUT2D eigenvalue weighted by Crippen LogP contribution is -2.53. The molecule has 2 rings (SSSR count). The van der Waals surface area contributed by atoms with E-state index in [1.165, 1.54) is 14.0 Å². The Morgan fingerprint density at radius 1 is 1.32 bits per heavy atom. The summed E-state index contributed by atoms with van der Waals surface area (Å²) >= 11 is 0. The van der Waals surface area contributed by atoms with Gasteiger partial charge < -0.3 is 0 Å². The van der Waals surface area contributed by atoms with E-state index < -0.39 is 27.3 Å². The van der Waals surface area contributed by atoms with Crippen molar-refractivity contribution in [2.24, 2.45) is 0 Å². The SMILES string of the molecule is Cc1cc(C(F)(F)F)ccc1S(=O)(=O)N(C)C1(C#N)CCC1. The van der Waals surface area contributed by atoms with Crippen molar-refractivity contribution in [2.45, 2.75) is 42.8 Å². The first-order valence-electron chi connectivity index (χ1n) is 6.63. The van der Waals surface area contributed by atoms with Crippen molar-refractivity contribution in [3.63, 3.8) is 0 Å². The highest BCUT2D eigenvalue weighted by Gasteiger charge is 2.47. The van der Waals surface area contributed by atoms with Crippen molar-refractivity contribution in [2.75, 3.05) is 7.05 Å². The number of hydrogen-bond donors (Lipinski definition) is 0. The molecular formula is C14H15F3N2O2S. The molecule has 0 amide bonds. The monoisotopic (exact) mass is 332 g/mol. The van der Waals surface area contributed by atoms with Gasteiger partial charge in [0.1, 0.15) is 5.54 Å². The van der Waals surface area contributed by atoms with Gasteiger partial charge in [0.25, 0.3) is 0 Å². The van der Waals surface area contributed by atoms with Crippen molar-refractivity contribution in [1.82, 2.24) is 4.31 Å². The fraction of sp³-hybridized carbons (Fsp3) is 0.500. The topological polar surface area (TPSA) is 61.2 Å². The Hall–Kier alpha value is -1.59. The molecule has 0 heterocycles. The molecular weight excluding hydrogens is 317 g/mol. The quantitative estimate of drug-likeness (QED) is 0.854. The highest BCUT2D eigenvalue weighted by Crippen LogP contribution is 2.40. The number of rotatable bonds is 3. The normalized spacial score (nSPS) is 17.9. The van der Waals surface area contributed by atoms with Crippen LogP contribution in [0.4, 0.5) is 13.2 Å². The number of benzene rings is 1. The van der Waals surface area contributed by atoms with Crippen LogP contribution in [-0.2, 0) is 16.2 Å². The average Bonchev–Trinajstić information content (AvgIpc) is 2.36. The maximum Gasteiger partial charge on any atom is 0.416 e. The predicted octanol–water partition coefficient (Wildman–Crippen LogP) is 3.08. The summed E-state index contributed by atoms with van der Waals surface area (Å²) in [6, 6.07) is 4.51. The van der Waals surface area contributed by atoms with Crippen LogP contribution in [-0.4, -0.2) is 25.3 Å². The smallest absolute Gasteiger partial charge is 0.207 e. The molecule has 0 saturated heterocycles. The van der Waals surface area contributed by atoms with E-state index in [1.807, 2.05) is 6.07 Å². The summed E-state index contributed by atoms with van der Waals surface area (Å²) in [5.74, 6) is 0. The van der Waals surface area contributed by atoms with Crippen molar-refractivity contribution in [3.8, 4) is 6.07 Å². The summed E-state index contributed by atoms with van der Waals surface area (Å²) in [6.07, 6.45) is -2.92. The predicted molar refractivity (Wildman–Crippen MR) is 73.3 cm³/mol. The Morgan fingerprint density at radius 3 is 2.27 bits per heavy atom. The molecule has 0 unspecified atom stereocenters. The number of sulfonamides is 1. The minimum absolute atomic E-state index is 0.00842. The Morgan fingerprint density at radius 2 is 1.91 bits per heavy atom. The van der Waals surface area contributed by atoms with Crippen molar-refractivity contribution in [3.05, 3.63) is 29.3 Å². The van der Waals surface area contributed by atoms with Gasteiger partial charge in [0, 0.05) is 7.05 Å². The summed E-state index contributed by atoms with van der Waals surface area (Å²) in [5.41, 5.74) is -1.98. The molecule has 0 aromatic heterocycles. The van der Waals surface area contributed by atoms with Crippen LogP contribution in [0.1, 0.15) is 30.4 Å². The Labute approximate surface area is 127 Å². The van der Waals surface area contributed by atoms with Crippen molar-refractivity contribution >= 4 is 10.0 Å². The lowest BCUT2D eigenvalue weighted by molar-refractivity contribution is -0.137. The largest absolute Gasteiger partial charge is 0.416 e. The van der Waals surface area contributed by atoms with E-state index in [1.54, 1.807) is 0 Å². The molecule has 0 N–H and O–H groups in total. The molecule has 1 aromatic rings. The van der Waals surface area contributed by atoms with E-state index in [4.69, 9.17) is 0 Å². The summed E-state index contributed by atoms with van der Waals surface area (Å²) in [7, 11) is -2.72. The van der Waals surface area contributed by atoms with Gasteiger partial charge in [-0.2, -0.15) is 22.7 Å². The number of nitriles is 1. The first-order chi connectivity index (χ1) is 10.0. The van der Waals surface area contributed by atoms with E-state index in [9.17, 15) is 26.9 Å². The summed E-state index contributed by atoms with van der Waals surface area (Å²) in [4.78, 5) is -0.204. The van der Waals surface area contributed by atoms with Crippen LogP contribution < -0.4 is 0 Å². The standard InChI is InChI=1S/C14H15F3N2O2S/c1-10-8-11(14(15,16)17)4-5-12(10)22(20,21)19(2)13(9-18)6-3-7-13/h4-5,8H,3,6-7H2,1-2H3. The Kier molecular flexibility index (Phi) is 4.00. The van der Waals surface area contributed by atoms with Crippen LogP contribution in [0, 0.1) is 18.3 Å². The molecule has 1 aromatic carbocycles. The van der Waals surface area contributed by atoms with Gasteiger partial charge in [0.15, 0.2) is 0 Å². The Bertz CT molecular complexity index is 731. The molecule has 8 heteroatoms. The Balaban J connectivity index is 2.45. The second-order valence-corrected chi connectivity index (χ2v) is 7.39. The number of hydrogen-bond acceptors (Lipinski definition) is 3. The molecule has 0 atom stereocenters. The molecule has 0 aliphatic heterocycles. The maximum absolute atomic E-state index is 12.7. The number of halogens is 3. The third-order valence-electron chi connectivity index (χ3n) is 4.13. The van der Waals surface area contributed by atoms with Gasteiger partial charge >= 0.3 is 6.18 Å². The molecule has 0 spiro atoms. The van der Waals surface area contributed by atoms with Crippen LogP contribution in [0.5, 0.6) is 0 Å². The van der Waals surface area contributed by atoms with Gasteiger partial charge in [-0.25, -0.2) is 8.42 Å². The molecule has 0 radical (unpaired) electrons. The van der Waals surface area contributed by atoms with Gasteiger partial charge in [-0.1, -0.05) is 0 Å². The van der Waals surface area contributed by atoms with Crippen LogP contribution in [0.2, 0.25) is 0 Å². The second-order valence-electron chi connectivity index (χ2n) is 5.45. The number of nitrogens with zero attached hydrogens (tertiary/aromatic N) is 2. The molecule has 1 aliphatic rings. The van der Waals surface area contributed by atoms with Crippen LogP contribution >= 0.6 is 0 Å². The average molecular weight is 332 g/mol. The third kappa shape index (κ3) is 2.59.